The molecule has 1 aromatic heterocycles. The SMILES string of the molecule is CN1CCOC[C@]2(CCCN(C(=O)Cc3ccsc3)C2)C1. The fourth-order valence-electron chi connectivity index (χ4n) is 3.55. The van der Waals surface area contributed by atoms with Gasteiger partial charge in [-0.05, 0) is 42.3 Å². The van der Waals surface area contributed by atoms with Crippen LogP contribution in [0, 0.1) is 5.41 Å². The molecule has 5 heteroatoms. The summed E-state index contributed by atoms with van der Waals surface area (Å²) in [5, 5.41) is 4.11. The van der Waals surface area contributed by atoms with Gasteiger partial charge in [-0.2, -0.15) is 11.3 Å². The monoisotopic (exact) mass is 308 g/mol. The molecule has 0 aliphatic carbocycles. The summed E-state index contributed by atoms with van der Waals surface area (Å²) in [6, 6.07) is 2.05. The Morgan fingerprint density at radius 2 is 2.33 bits per heavy atom. The van der Waals surface area contributed by atoms with Gasteiger partial charge in [-0.15, -0.1) is 0 Å². The standard InChI is InChI=1S/C16H24N2O2S/c1-17-6-7-20-13-16(11-17)4-2-5-18(12-16)15(19)9-14-3-8-21-10-14/h3,8,10H,2,4-7,9,11-13H2,1H3/t16-/m1/s1. The highest BCUT2D eigenvalue weighted by Crippen LogP contribution is 2.32. The molecule has 2 aliphatic rings. The summed E-state index contributed by atoms with van der Waals surface area (Å²) in [7, 11) is 2.16. The summed E-state index contributed by atoms with van der Waals surface area (Å²) in [6.07, 6.45) is 2.79. The van der Waals surface area contributed by atoms with E-state index < -0.39 is 0 Å². The molecule has 3 heterocycles. The van der Waals surface area contributed by atoms with E-state index in [9.17, 15) is 4.79 Å². The van der Waals surface area contributed by atoms with Crippen molar-refractivity contribution in [1.82, 2.24) is 9.80 Å². The van der Waals surface area contributed by atoms with Crippen molar-refractivity contribution in [3.63, 3.8) is 0 Å². The predicted octanol–water partition coefficient (Wildman–Crippen LogP) is 1.86. The number of thiophene rings is 1. The number of hydrogen-bond donors (Lipinski definition) is 0. The molecule has 0 unspecified atom stereocenters. The normalized spacial score (nSPS) is 27.8. The Kier molecular flexibility index (Phi) is 4.62. The van der Waals surface area contributed by atoms with E-state index in [1.54, 1.807) is 11.3 Å². The Morgan fingerprint density at radius 1 is 1.43 bits per heavy atom. The number of rotatable bonds is 2. The van der Waals surface area contributed by atoms with E-state index in [-0.39, 0.29) is 11.3 Å². The van der Waals surface area contributed by atoms with E-state index in [4.69, 9.17) is 4.74 Å². The lowest BCUT2D eigenvalue weighted by molar-refractivity contribution is -0.135. The quantitative estimate of drug-likeness (QED) is 0.836. The molecular formula is C16H24N2O2S. The number of carbonyl (C=O) groups excluding carboxylic acids is 1. The highest BCUT2D eigenvalue weighted by atomic mass is 32.1. The zero-order valence-corrected chi connectivity index (χ0v) is 13.5. The molecule has 0 aromatic carbocycles. The zero-order valence-electron chi connectivity index (χ0n) is 12.7. The minimum Gasteiger partial charge on any atom is -0.379 e. The molecule has 1 spiro atoms. The number of nitrogens with zero attached hydrogens (tertiary/aromatic N) is 2. The minimum absolute atomic E-state index is 0.133. The van der Waals surface area contributed by atoms with E-state index >= 15 is 0 Å². The van der Waals surface area contributed by atoms with Crippen molar-refractivity contribution in [1.29, 1.82) is 0 Å². The second kappa shape index (κ2) is 6.46. The largest absolute Gasteiger partial charge is 0.379 e. The van der Waals surface area contributed by atoms with Crippen LogP contribution in [0.3, 0.4) is 0 Å². The highest BCUT2D eigenvalue weighted by Gasteiger charge is 2.39. The lowest BCUT2D eigenvalue weighted by atomic mass is 9.80. The van der Waals surface area contributed by atoms with Crippen LogP contribution in [0.4, 0.5) is 0 Å². The maximum absolute atomic E-state index is 12.5. The van der Waals surface area contributed by atoms with Gasteiger partial charge in [0.2, 0.25) is 5.91 Å². The Labute approximate surface area is 130 Å². The molecule has 3 rings (SSSR count). The topological polar surface area (TPSA) is 32.8 Å². The average Bonchev–Trinajstić information content (AvgIpc) is 2.90. The molecule has 1 aromatic rings. The van der Waals surface area contributed by atoms with E-state index in [1.807, 2.05) is 11.4 Å². The van der Waals surface area contributed by atoms with Gasteiger partial charge in [0.1, 0.15) is 0 Å². The van der Waals surface area contributed by atoms with Gasteiger partial charge in [0.05, 0.1) is 19.6 Å². The number of likely N-dealkylation sites (N-methyl/N-ethyl adjacent to an activating group) is 1. The first-order chi connectivity index (χ1) is 10.2. The van der Waals surface area contributed by atoms with Crippen LogP contribution >= 0.6 is 11.3 Å². The molecule has 0 radical (unpaired) electrons. The summed E-state index contributed by atoms with van der Waals surface area (Å²) in [5.74, 6) is 0.263. The van der Waals surface area contributed by atoms with Crippen LogP contribution in [0.5, 0.6) is 0 Å². The van der Waals surface area contributed by atoms with Crippen LogP contribution in [0.25, 0.3) is 0 Å². The fourth-order valence-corrected chi connectivity index (χ4v) is 4.22. The Morgan fingerprint density at radius 3 is 3.14 bits per heavy atom. The minimum atomic E-state index is 0.133. The van der Waals surface area contributed by atoms with Crippen LogP contribution in [0.2, 0.25) is 0 Å². The molecule has 0 bridgehead atoms. The van der Waals surface area contributed by atoms with E-state index in [1.165, 1.54) is 6.42 Å². The second-order valence-corrected chi connectivity index (χ2v) is 7.30. The number of likely N-dealkylation sites (tertiary alicyclic amines) is 1. The van der Waals surface area contributed by atoms with Gasteiger partial charge in [-0.25, -0.2) is 0 Å². The van der Waals surface area contributed by atoms with Crippen molar-refractivity contribution in [2.75, 3.05) is 46.4 Å². The van der Waals surface area contributed by atoms with Gasteiger partial charge in [0.15, 0.2) is 0 Å². The first kappa shape index (κ1) is 15.0. The van der Waals surface area contributed by atoms with E-state index in [2.05, 4.69) is 22.2 Å². The van der Waals surface area contributed by atoms with Crippen molar-refractivity contribution in [3.05, 3.63) is 22.4 Å². The van der Waals surface area contributed by atoms with E-state index in [0.717, 1.165) is 51.4 Å². The lowest BCUT2D eigenvalue weighted by Gasteiger charge is -2.43. The van der Waals surface area contributed by atoms with Gasteiger partial charge in [-0.1, -0.05) is 0 Å². The summed E-state index contributed by atoms with van der Waals surface area (Å²) < 4.78 is 5.81. The molecule has 21 heavy (non-hydrogen) atoms. The molecule has 0 saturated carbocycles. The van der Waals surface area contributed by atoms with Crippen LogP contribution < -0.4 is 0 Å². The molecule has 1 atom stereocenters. The highest BCUT2D eigenvalue weighted by molar-refractivity contribution is 7.07. The Bertz CT molecular complexity index is 477. The maximum Gasteiger partial charge on any atom is 0.227 e. The fraction of sp³-hybridized carbons (Fsp3) is 0.688. The lowest BCUT2D eigenvalue weighted by Crippen LogP contribution is -2.52. The average molecular weight is 308 g/mol. The van der Waals surface area contributed by atoms with Crippen LogP contribution in [-0.4, -0.2) is 62.1 Å². The third kappa shape index (κ3) is 3.65. The second-order valence-electron chi connectivity index (χ2n) is 6.52. The molecule has 116 valence electrons. The van der Waals surface area contributed by atoms with Crippen molar-refractivity contribution in [2.24, 2.45) is 5.41 Å². The van der Waals surface area contributed by atoms with Gasteiger partial charge in [0, 0.05) is 31.6 Å². The van der Waals surface area contributed by atoms with Crippen molar-refractivity contribution in [3.8, 4) is 0 Å². The third-order valence-corrected chi connectivity index (χ3v) is 5.31. The third-order valence-electron chi connectivity index (χ3n) is 4.58. The Hall–Kier alpha value is -0.910. The summed E-state index contributed by atoms with van der Waals surface area (Å²) >= 11 is 1.66. The zero-order chi connectivity index (χ0) is 14.7. The Balaban J connectivity index is 1.65. The number of amides is 1. The van der Waals surface area contributed by atoms with Crippen LogP contribution in [-0.2, 0) is 16.0 Å². The van der Waals surface area contributed by atoms with Gasteiger partial charge in [-0.3, -0.25) is 4.79 Å². The van der Waals surface area contributed by atoms with Gasteiger partial charge in [0.25, 0.3) is 0 Å². The van der Waals surface area contributed by atoms with Crippen molar-refractivity contribution >= 4 is 17.2 Å². The molecule has 2 aliphatic heterocycles. The maximum atomic E-state index is 12.5. The molecular weight excluding hydrogens is 284 g/mol. The number of piperidine rings is 1. The van der Waals surface area contributed by atoms with E-state index in [0.29, 0.717) is 6.42 Å². The van der Waals surface area contributed by atoms with Crippen molar-refractivity contribution < 1.29 is 9.53 Å². The molecule has 2 saturated heterocycles. The first-order valence-electron chi connectivity index (χ1n) is 7.72. The first-order valence-corrected chi connectivity index (χ1v) is 8.66. The van der Waals surface area contributed by atoms with Gasteiger partial charge < -0.3 is 14.5 Å². The van der Waals surface area contributed by atoms with Crippen LogP contribution in [0.1, 0.15) is 18.4 Å². The number of hydrogen-bond acceptors (Lipinski definition) is 4. The summed E-state index contributed by atoms with van der Waals surface area (Å²) in [6.45, 7) is 5.37. The predicted molar refractivity (Wildman–Crippen MR) is 84.6 cm³/mol. The smallest absolute Gasteiger partial charge is 0.227 e. The summed E-state index contributed by atoms with van der Waals surface area (Å²) in [5.41, 5.74) is 1.27. The molecule has 2 fully saturated rings. The number of carbonyl (C=O) groups is 1. The molecule has 1 amide bonds. The molecule has 4 nitrogen and oxygen atoms in total. The number of ether oxygens (including phenoxy) is 1. The van der Waals surface area contributed by atoms with Gasteiger partial charge >= 0.3 is 0 Å². The summed E-state index contributed by atoms with van der Waals surface area (Å²) in [4.78, 5) is 16.9. The van der Waals surface area contributed by atoms with Crippen molar-refractivity contribution in [2.45, 2.75) is 19.3 Å². The van der Waals surface area contributed by atoms with Crippen LogP contribution in [0.15, 0.2) is 16.8 Å². The molecule has 0 N–H and O–H groups in total.